The van der Waals surface area contributed by atoms with E-state index < -0.39 is 0 Å². The fraction of sp³-hybridized carbons (Fsp3) is 0.0741. The standard InChI is InChI=1S/C54H42N2/c1-37-14-11-21-43(34-37)55(42-28-26-40(27-29-42)47-24-12-17-38-15-7-9-22-46(38)47)44-30-32-49-50-33-31-45(36-52(50)54(2,3)51(49)35-44)56(41-19-5-4-6-20-41)53-25-13-18-39-16-8-10-23-48(39)53/h4-36H,1-3H3. The average molecular weight is 719 g/mol. The number of nitrogens with zero attached hydrogens (tertiary/aromatic N) is 2. The van der Waals surface area contributed by atoms with Crippen molar-refractivity contribution in [2.75, 3.05) is 9.80 Å². The first-order valence-electron chi connectivity index (χ1n) is 19.5. The SMILES string of the molecule is Cc1cccc(N(c2ccc(-c3cccc4ccccc34)cc2)c2ccc3c(c2)C(C)(C)c2cc(N(c4ccccc4)c4cccc5ccccc45)ccc2-3)c1. The Hall–Kier alpha value is -6.90. The zero-order valence-electron chi connectivity index (χ0n) is 31.9. The van der Waals surface area contributed by atoms with Gasteiger partial charge in [0.15, 0.2) is 0 Å². The molecule has 0 amide bonds. The molecule has 2 heteroatoms. The number of anilines is 6. The monoisotopic (exact) mass is 718 g/mol. The van der Waals surface area contributed by atoms with Gasteiger partial charge in [0.1, 0.15) is 0 Å². The van der Waals surface area contributed by atoms with Gasteiger partial charge in [-0.2, -0.15) is 0 Å². The third-order valence-corrected chi connectivity index (χ3v) is 11.7. The van der Waals surface area contributed by atoms with Gasteiger partial charge in [-0.3, -0.25) is 0 Å². The second kappa shape index (κ2) is 13.4. The Labute approximate surface area is 329 Å². The topological polar surface area (TPSA) is 6.48 Å². The van der Waals surface area contributed by atoms with Crippen LogP contribution in [0.5, 0.6) is 0 Å². The van der Waals surface area contributed by atoms with E-state index in [-0.39, 0.29) is 5.41 Å². The molecule has 0 N–H and O–H groups in total. The Kier molecular flexibility index (Phi) is 8.08. The fourth-order valence-corrected chi connectivity index (χ4v) is 8.88. The molecule has 1 aliphatic rings. The Morgan fingerprint density at radius 2 is 0.857 bits per heavy atom. The van der Waals surface area contributed by atoms with Crippen LogP contribution in [0.15, 0.2) is 200 Å². The fourth-order valence-electron chi connectivity index (χ4n) is 8.88. The summed E-state index contributed by atoms with van der Waals surface area (Å²) in [6, 6.07) is 73.2. The minimum atomic E-state index is -0.228. The van der Waals surface area contributed by atoms with Crippen LogP contribution in [0.3, 0.4) is 0 Å². The third-order valence-electron chi connectivity index (χ3n) is 11.7. The molecular weight excluding hydrogens is 677 g/mol. The molecular formula is C54H42N2. The van der Waals surface area contributed by atoms with E-state index in [1.165, 1.54) is 66.2 Å². The highest BCUT2D eigenvalue weighted by molar-refractivity contribution is 6.00. The summed E-state index contributed by atoms with van der Waals surface area (Å²) in [5.74, 6) is 0. The van der Waals surface area contributed by atoms with Gasteiger partial charge in [0.2, 0.25) is 0 Å². The summed E-state index contributed by atoms with van der Waals surface area (Å²) in [5, 5.41) is 4.98. The van der Waals surface area contributed by atoms with Crippen molar-refractivity contribution in [3.05, 3.63) is 217 Å². The summed E-state index contributed by atoms with van der Waals surface area (Å²) >= 11 is 0. The molecule has 0 saturated heterocycles. The van der Waals surface area contributed by atoms with E-state index in [4.69, 9.17) is 0 Å². The van der Waals surface area contributed by atoms with Gasteiger partial charge < -0.3 is 9.80 Å². The van der Waals surface area contributed by atoms with Gasteiger partial charge in [0.05, 0.1) is 5.69 Å². The van der Waals surface area contributed by atoms with Crippen LogP contribution < -0.4 is 9.80 Å². The molecule has 0 heterocycles. The first-order valence-corrected chi connectivity index (χ1v) is 19.5. The van der Waals surface area contributed by atoms with E-state index in [9.17, 15) is 0 Å². The maximum Gasteiger partial charge on any atom is 0.0540 e. The quantitative estimate of drug-likeness (QED) is 0.162. The highest BCUT2D eigenvalue weighted by atomic mass is 15.1. The number of rotatable bonds is 7. The van der Waals surface area contributed by atoms with Crippen LogP contribution in [0, 0.1) is 6.92 Å². The van der Waals surface area contributed by atoms with E-state index in [0.717, 1.165) is 28.4 Å². The Morgan fingerprint density at radius 1 is 0.357 bits per heavy atom. The first-order chi connectivity index (χ1) is 27.4. The highest BCUT2D eigenvalue weighted by Crippen LogP contribution is 2.53. The molecule has 0 aliphatic heterocycles. The average Bonchev–Trinajstić information content (AvgIpc) is 3.46. The van der Waals surface area contributed by atoms with Crippen molar-refractivity contribution in [2.45, 2.75) is 26.2 Å². The molecule has 0 saturated carbocycles. The van der Waals surface area contributed by atoms with Crippen molar-refractivity contribution in [1.29, 1.82) is 0 Å². The van der Waals surface area contributed by atoms with Gasteiger partial charge in [-0.05, 0) is 129 Å². The molecule has 0 spiro atoms. The van der Waals surface area contributed by atoms with Crippen LogP contribution in [0.1, 0.15) is 30.5 Å². The van der Waals surface area contributed by atoms with E-state index in [0.29, 0.717) is 0 Å². The maximum absolute atomic E-state index is 2.43. The molecule has 268 valence electrons. The lowest BCUT2D eigenvalue weighted by atomic mass is 9.82. The number of benzene rings is 9. The van der Waals surface area contributed by atoms with Crippen molar-refractivity contribution in [3.63, 3.8) is 0 Å². The molecule has 56 heavy (non-hydrogen) atoms. The second-order valence-corrected chi connectivity index (χ2v) is 15.5. The molecule has 1 aliphatic carbocycles. The summed E-state index contributed by atoms with van der Waals surface area (Å²) in [4.78, 5) is 4.82. The van der Waals surface area contributed by atoms with Crippen LogP contribution in [0.2, 0.25) is 0 Å². The van der Waals surface area contributed by atoms with Crippen LogP contribution in [0.25, 0.3) is 43.8 Å². The summed E-state index contributed by atoms with van der Waals surface area (Å²) in [5.41, 5.74) is 15.6. The van der Waals surface area contributed by atoms with E-state index in [1.54, 1.807) is 0 Å². The zero-order chi connectivity index (χ0) is 37.8. The molecule has 0 fully saturated rings. The molecule has 0 unspecified atom stereocenters. The minimum Gasteiger partial charge on any atom is -0.310 e. The van der Waals surface area contributed by atoms with E-state index in [2.05, 4.69) is 231 Å². The second-order valence-electron chi connectivity index (χ2n) is 15.5. The van der Waals surface area contributed by atoms with Crippen molar-refractivity contribution in [1.82, 2.24) is 0 Å². The Balaban J connectivity index is 1.07. The van der Waals surface area contributed by atoms with Crippen LogP contribution in [-0.4, -0.2) is 0 Å². The van der Waals surface area contributed by atoms with Crippen LogP contribution >= 0.6 is 0 Å². The first kappa shape index (κ1) is 33.7. The smallest absolute Gasteiger partial charge is 0.0540 e. The number of hydrogen-bond acceptors (Lipinski definition) is 2. The lowest BCUT2D eigenvalue weighted by molar-refractivity contribution is 0.660. The molecule has 10 rings (SSSR count). The summed E-state index contributed by atoms with van der Waals surface area (Å²) in [6.07, 6.45) is 0. The minimum absolute atomic E-state index is 0.228. The number of hydrogen-bond donors (Lipinski definition) is 0. The lowest BCUT2D eigenvalue weighted by Crippen LogP contribution is -2.17. The zero-order valence-corrected chi connectivity index (χ0v) is 31.9. The molecule has 9 aromatic carbocycles. The van der Waals surface area contributed by atoms with Gasteiger partial charge in [-0.1, -0.05) is 147 Å². The number of para-hydroxylation sites is 1. The summed E-state index contributed by atoms with van der Waals surface area (Å²) < 4.78 is 0. The van der Waals surface area contributed by atoms with Gasteiger partial charge in [-0.15, -0.1) is 0 Å². The predicted octanol–water partition coefficient (Wildman–Crippen LogP) is 15.2. The summed E-state index contributed by atoms with van der Waals surface area (Å²) in [7, 11) is 0. The third kappa shape index (κ3) is 5.65. The number of aryl methyl sites for hydroxylation is 1. The van der Waals surface area contributed by atoms with Gasteiger partial charge in [0, 0.05) is 39.2 Å². The molecule has 9 aromatic rings. The highest BCUT2D eigenvalue weighted by Gasteiger charge is 2.37. The predicted molar refractivity (Wildman–Crippen MR) is 239 cm³/mol. The molecule has 0 bridgehead atoms. The van der Waals surface area contributed by atoms with Crippen LogP contribution in [-0.2, 0) is 5.41 Å². The van der Waals surface area contributed by atoms with E-state index >= 15 is 0 Å². The van der Waals surface area contributed by atoms with Crippen molar-refractivity contribution >= 4 is 55.7 Å². The molecule has 2 nitrogen and oxygen atoms in total. The Morgan fingerprint density at radius 3 is 1.55 bits per heavy atom. The van der Waals surface area contributed by atoms with Gasteiger partial charge in [0.25, 0.3) is 0 Å². The molecule has 0 radical (unpaired) electrons. The van der Waals surface area contributed by atoms with Crippen molar-refractivity contribution in [2.24, 2.45) is 0 Å². The Bertz CT molecular complexity index is 2890. The maximum atomic E-state index is 2.43. The van der Waals surface area contributed by atoms with Crippen LogP contribution in [0.4, 0.5) is 34.1 Å². The van der Waals surface area contributed by atoms with Crippen molar-refractivity contribution < 1.29 is 0 Å². The normalized spacial score (nSPS) is 12.7. The number of fused-ring (bicyclic) bond motifs is 5. The van der Waals surface area contributed by atoms with Gasteiger partial charge >= 0.3 is 0 Å². The summed E-state index contributed by atoms with van der Waals surface area (Å²) in [6.45, 7) is 6.93. The van der Waals surface area contributed by atoms with E-state index in [1.807, 2.05) is 0 Å². The largest absolute Gasteiger partial charge is 0.310 e. The molecule has 0 aromatic heterocycles. The van der Waals surface area contributed by atoms with Gasteiger partial charge in [-0.25, -0.2) is 0 Å². The van der Waals surface area contributed by atoms with Crippen molar-refractivity contribution in [3.8, 4) is 22.3 Å². The lowest BCUT2D eigenvalue weighted by Gasteiger charge is -2.29. The molecule has 0 atom stereocenters.